The maximum Gasteiger partial charge on any atom is 0.160 e. The van der Waals surface area contributed by atoms with E-state index in [2.05, 4.69) is 26.9 Å². The van der Waals surface area contributed by atoms with E-state index >= 15 is 8.78 Å². The molecule has 3 heterocycles. The highest BCUT2D eigenvalue weighted by Crippen LogP contribution is 2.46. The van der Waals surface area contributed by atoms with Crippen molar-refractivity contribution in [2.24, 2.45) is 4.99 Å². The molecule has 8 heteroatoms. The number of pyridine rings is 1. The summed E-state index contributed by atoms with van der Waals surface area (Å²) in [5.74, 6) is -1.72. The van der Waals surface area contributed by atoms with Crippen LogP contribution < -0.4 is 10.2 Å². The van der Waals surface area contributed by atoms with Gasteiger partial charge in [0.05, 0.1) is 22.3 Å². The van der Waals surface area contributed by atoms with Crippen molar-refractivity contribution in [1.82, 2.24) is 9.97 Å². The topological polar surface area (TPSA) is 56.3 Å². The molecule has 5 rings (SSSR count). The molecule has 0 aliphatic carbocycles. The third-order valence-electron chi connectivity index (χ3n) is 6.50. The molecule has 0 saturated carbocycles. The SMILES string of the molecule is C=C(Cc1ccccn1)N1C(=NC)C(C)(C)Nc2cc(F)c(-c3cc(F)cc4c(C)c[nH]c34)c(F)c21. The lowest BCUT2D eigenvalue weighted by molar-refractivity contribution is 0.585. The molecular weight excluding hydrogens is 463 g/mol. The van der Waals surface area contributed by atoms with E-state index in [-0.39, 0.29) is 22.5 Å². The van der Waals surface area contributed by atoms with Gasteiger partial charge in [-0.15, -0.1) is 0 Å². The molecule has 184 valence electrons. The van der Waals surface area contributed by atoms with E-state index in [4.69, 9.17) is 0 Å². The fourth-order valence-corrected chi connectivity index (χ4v) is 4.95. The number of aliphatic imine (C=N–C) groups is 1. The lowest BCUT2D eigenvalue weighted by atomic mass is 9.92. The van der Waals surface area contributed by atoms with Gasteiger partial charge in [-0.1, -0.05) is 12.6 Å². The van der Waals surface area contributed by atoms with Gasteiger partial charge in [0, 0.05) is 54.3 Å². The number of benzene rings is 2. The van der Waals surface area contributed by atoms with E-state index in [1.165, 1.54) is 12.1 Å². The molecule has 0 unspecified atom stereocenters. The second-order valence-corrected chi connectivity index (χ2v) is 9.49. The standard InChI is InChI=1S/C28H26F3N5/c1-15-14-34-25-19(15)11-17(29)12-20(25)23-21(30)13-22-26(24(23)31)36(27(32-5)28(3,4)35-22)16(2)10-18-8-6-7-9-33-18/h6-9,11-14,34-35H,2,10H2,1,3-5H3. The molecule has 0 radical (unpaired) electrons. The zero-order chi connectivity index (χ0) is 25.8. The summed E-state index contributed by atoms with van der Waals surface area (Å²) >= 11 is 0. The van der Waals surface area contributed by atoms with Crippen LogP contribution in [0, 0.1) is 24.4 Å². The second-order valence-electron chi connectivity index (χ2n) is 9.49. The van der Waals surface area contributed by atoms with Gasteiger partial charge in [0.25, 0.3) is 0 Å². The summed E-state index contributed by atoms with van der Waals surface area (Å²) in [5.41, 5.74) is 1.85. The number of nitrogens with zero attached hydrogens (tertiary/aromatic N) is 3. The highest BCUT2D eigenvalue weighted by molar-refractivity contribution is 6.13. The van der Waals surface area contributed by atoms with Crippen LogP contribution in [-0.4, -0.2) is 28.4 Å². The van der Waals surface area contributed by atoms with Gasteiger partial charge in [-0.25, -0.2) is 13.2 Å². The molecule has 2 N–H and O–H groups in total. The fraction of sp³-hybridized carbons (Fsp3) is 0.214. The number of hydrogen-bond donors (Lipinski definition) is 2. The fourth-order valence-electron chi connectivity index (χ4n) is 4.95. The average molecular weight is 490 g/mol. The zero-order valence-electron chi connectivity index (χ0n) is 20.5. The van der Waals surface area contributed by atoms with Crippen LogP contribution in [0.4, 0.5) is 24.5 Å². The Morgan fingerprint density at radius 3 is 2.64 bits per heavy atom. The van der Waals surface area contributed by atoms with Crippen LogP contribution in [0.5, 0.6) is 0 Å². The van der Waals surface area contributed by atoms with Crippen molar-refractivity contribution in [3.63, 3.8) is 0 Å². The number of anilines is 2. The number of halogens is 3. The van der Waals surface area contributed by atoms with Crippen LogP contribution in [-0.2, 0) is 6.42 Å². The minimum absolute atomic E-state index is 0.0768. The Morgan fingerprint density at radius 1 is 1.17 bits per heavy atom. The predicted octanol–water partition coefficient (Wildman–Crippen LogP) is 6.75. The Morgan fingerprint density at radius 2 is 1.94 bits per heavy atom. The van der Waals surface area contributed by atoms with E-state index in [9.17, 15) is 4.39 Å². The van der Waals surface area contributed by atoms with Crippen molar-refractivity contribution < 1.29 is 13.2 Å². The lowest BCUT2D eigenvalue weighted by Gasteiger charge is -2.44. The smallest absolute Gasteiger partial charge is 0.160 e. The van der Waals surface area contributed by atoms with Crippen molar-refractivity contribution in [3.8, 4) is 11.1 Å². The second kappa shape index (κ2) is 8.55. The number of amidine groups is 1. The average Bonchev–Trinajstić information content (AvgIpc) is 3.18. The van der Waals surface area contributed by atoms with Gasteiger partial charge in [-0.2, -0.15) is 0 Å². The van der Waals surface area contributed by atoms with Gasteiger partial charge in [0.1, 0.15) is 23.2 Å². The normalized spacial score (nSPS) is 15.8. The van der Waals surface area contributed by atoms with Crippen molar-refractivity contribution in [2.75, 3.05) is 17.3 Å². The first kappa shape index (κ1) is 23.7. The van der Waals surface area contributed by atoms with Crippen molar-refractivity contribution in [2.45, 2.75) is 32.7 Å². The molecule has 1 aliphatic rings. The number of aromatic amines is 1. The Labute approximate surface area is 207 Å². The summed E-state index contributed by atoms with van der Waals surface area (Å²) < 4.78 is 46.7. The predicted molar refractivity (Wildman–Crippen MR) is 139 cm³/mol. The van der Waals surface area contributed by atoms with Crippen LogP contribution in [0.25, 0.3) is 22.0 Å². The summed E-state index contributed by atoms with van der Waals surface area (Å²) in [6.07, 6.45) is 3.69. The minimum atomic E-state index is -0.838. The molecule has 1 aliphatic heterocycles. The number of allylic oxidation sites excluding steroid dienone is 1. The third kappa shape index (κ3) is 3.73. The number of aromatic nitrogens is 2. The summed E-state index contributed by atoms with van der Waals surface area (Å²) in [4.78, 5) is 13.5. The quantitative estimate of drug-likeness (QED) is 0.333. The summed E-state index contributed by atoms with van der Waals surface area (Å²) in [7, 11) is 1.62. The van der Waals surface area contributed by atoms with Crippen LogP contribution in [0.3, 0.4) is 0 Å². The molecule has 0 spiro atoms. The number of nitrogens with one attached hydrogen (secondary N) is 2. The molecule has 36 heavy (non-hydrogen) atoms. The number of H-pyrrole nitrogens is 1. The lowest BCUT2D eigenvalue weighted by Crippen LogP contribution is -2.54. The van der Waals surface area contributed by atoms with Gasteiger partial charge < -0.3 is 10.3 Å². The van der Waals surface area contributed by atoms with Crippen LogP contribution in [0.2, 0.25) is 0 Å². The van der Waals surface area contributed by atoms with E-state index in [0.29, 0.717) is 28.9 Å². The molecule has 4 aromatic rings. The summed E-state index contributed by atoms with van der Waals surface area (Å²) in [6.45, 7) is 9.78. The molecule has 0 saturated heterocycles. The van der Waals surface area contributed by atoms with Gasteiger partial charge >= 0.3 is 0 Å². The zero-order valence-corrected chi connectivity index (χ0v) is 20.5. The molecule has 5 nitrogen and oxygen atoms in total. The third-order valence-corrected chi connectivity index (χ3v) is 6.50. The van der Waals surface area contributed by atoms with E-state index in [1.54, 1.807) is 31.3 Å². The Bertz CT molecular complexity index is 1540. The minimum Gasteiger partial charge on any atom is -0.371 e. The summed E-state index contributed by atoms with van der Waals surface area (Å²) in [5, 5.41) is 3.77. The molecule has 0 bridgehead atoms. The van der Waals surface area contributed by atoms with Crippen molar-refractivity contribution in [1.29, 1.82) is 0 Å². The Balaban J connectivity index is 1.76. The number of fused-ring (bicyclic) bond motifs is 2. The van der Waals surface area contributed by atoms with Gasteiger partial charge in [0.2, 0.25) is 0 Å². The Hall–Kier alpha value is -4.07. The van der Waals surface area contributed by atoms with E-state index in [0.717, 1.165) is 17.3 Å². The highest BCUT2D eigenvalue weighted by atomic mass is 19.1. The number of aryl methyl sites for hydroxylation is 1. The van der Waals surface area contributed by atoms with Crippen molar-refractivity contribution >= 4 is 28.1 Å². The summed E-state index contributed by atoms with van der Waals surface area (Å²) in [6, 6.07) is 9.27. The van der Waals surface area contributed by atoms with Gasteiger partial charge in [-0.05, 0) is 50.6 Å². The van der Waals surface area contributed by atoms with Crippen LogP contribution >= 0.6 is 0 Å². The first-order chi connectivity index (χ1) is 17.1. The maximum atomic E-state index is 16.5. The monoisotopic (exact) mass is 489 g/mol. The molecule has 2 aromatic carbocycles. The maximum absolute atomic E-state index is 16.5. The first-order valence-electron chi connectivity index (χ1n) is 11.5. The first-order valence-corrected chi connectivity index (χ1v) is 11.5. The van der Waals surface area contributed by atoms with E-state index in [1.807, 2.05) is 32.0 Å². The number of rotatable bonds is 4. The van der Waals surface area contributed by atoms with Crippen molar-refractivity contribution in [3.05, 3.63) is 89.8 Å². The molecule has 2 aromatic heterocycles. The van der Waals surface area contributed by atoms with Gasteiger partial charge in [0.15, 0.2) is 5.82 Å². The highest BCUT2D eigenvalue weighted by Gasteiger charge is 2.41. The Kier molecular flexibility index (Phi) is 5.62. The molecule has 0 amide bonds. The van der Waals surface area contributed by atoms with Gasteiger partial charge in [-0.3, -0.25) is 14.9 Å². The van der Waals surface area contributed by atoms with E-state index < -0.39 is 23.0 Å². The number of hydrogen-bond acceptors (Lipinski definition) is 3. The molecule has 0 atom stereocenters. The molecular formula is C28H26F3N5. The van der Waals surface area contributed by atoms with Crippen LogP contribution in [0.15, 0.2) is 66.1 Å². The molecule has 0 fully saturated rings. The van der Waals surface area contributed by atoms with Crippen LogP contribution in [0.1, 0.15) is 25.1 Å². The largest absolute Gasteiger partial charge is 0.371 e.